The summed E-state index contributed by atoms with van der Waals surface area (Å²) in [6, 6.07) is 17.0. The first-order valence-corrected chi connectivity index (χ1v) is 12.0. The van der Waals surface area contributed by atoms with Crippen molar-refractivity contribution in [3.8, 4) is 0 Å². The number of aliphatic hydroxyl groups is 1. The van der Waals surface area contributed by atoms with Crippen LogP contribution in [0.1, 0.15) is 55.9 Å². The number of nitrogens with two attached hydrogens (primary N) is 1. The Bertz CT molecular complexity index is 1010. The Morgan fingerprint density at radius 2 is 1.79 bits per heavy atom. The van der Waals surface area contributed by atoms with E-state index in [-0.39, 0.29) is 17.9 Å². The predicted molar refractivity (Wildman–Crippen MR) is 130 cm³/mol. The molecule has 1 aliphatic heterocycles. The maximum atomic E-state index is 13.5. The molecule has 1 fully saturated rings. The molecule has 2 aromatic rings. The third-order valence-corrected chi connectivity index (χ3v) is 7.09. The van der Waals surface area contributed by atoms with Crippen molar-refractivity contribution >= 4 is 11.8 Å². The third kappa shape index (κ3) is 5.17. The van der Waals surface area contributed by atoms with Crippen molar-refractivity contribution in [2.75, 3.05) is 19.7 Å². The summed E-state index contributed by atoms with van der Waals surface area (Å²) in [6.07, 6.45) is 1.79. The van der Waals surface area contributed by atoms with Gasteiger partial charge in [0, 0.05) is 18.5 Å². The highest BCUT2D eigenvalue weighted by Gasteiger charge is 2.46. The monoisotopic (exact) mass is 465 g/mol. The number of nitrogens with zero attached hydrogens (tertiary/aromatic N) is 1. The molecule has 182 valence electrons. The van der Waals surface area contributed by atoms with Crippen molar-refractivity contribution in [2.45, 2.75) is 62.8 Å². The number of hydrogen-bond donors (Lipinski definition) is 3. The molecule has 0 bridgehead atoms. The number of fused-ring (bicyclic) bond motifs is 2. The number of aliphatic hydroxyl groups excluding tert-OH is 1. The Labute approximate surface area is 201 Å². The van der Waals surface area contributed by atoms with E-state index in [4.69, 9.17) is 10.5 Å². The number of likely N-dealkylation sites (tertiary alicyclic amines) is 1. The minimum atomic E-state index is -1.10. The molecule has 2 aromatic carbocycles. The van der Waals surface area contributed by atoms with Gasteiger partial charge in [-0.05, 0) is 49.8 Å². The maximum absolute atomic E-state index is 13.5. The molecule has 2 amide bonds. The zero-order valence-corrected chi connectivity index (χ0v) is 20.0. The van der Waals surface area contributed by atoms with Crippen molar-refractivity contribution in [1.82, 2.24) is 10.2 Å². The third-order valence-electron chi connectivity index (χ3n) is 7.09. The molecular formula is C27H35N3O4. The van der Waals surface area contributed by atoms with E-state index in [1.54, 1.807) is 18.7 Å². The highest BCUT2D eigenvalue weighted by Crippen LogP contribution is 2.50. The molecule has 0 radical (unpaired) electrons. The number of benzene rings is 2. The van der Waals surface area contributed by atoms with Crippen molar-refractivity contribution in [1.29, 1.82) is 0 Å². The van der Waals surface area contributed by atoms with Gasteiger partial charge in [0.05, 0.1) is 24.9 Å². The van der Waals surface area contributed by atoms with Crippen LogP contribution in [0.3, 0.4) is 0 Å². The summed E-state index contributed by atoms with van der Waals surface area (Å²) in [5.41, 5.74) is 7.96. The van der Waals surface area contributed by atoms with Crippen LogP contribution in [0.15, 0.2) is 54.6 Å². The number of hydrogen-bond acceptors (Lipinski definition) is 5. The van der Waals surface area contributed by atoms with Gasteiger partial charge in [-0.15, -0.1) is 0 Å². The van der Waals surface area contributed by atoms with E-state index in [1.807, 2.05) is 48.5 Å². The van der Waals surface area contributed by atoms with Gasteiger partial charge in [0.2, 0.25) is 11.8 Å². The molecule has 1 heterocycles. The number of carbonyl (C=O) groups excluding carboxylic acids is 2. The van der Waals surface area contributed by atoms with Crippen molar-refractivity contribution in [3.05, 3.63) is 71.3 Å². The molecule has 1 saturated heterocycles. The van der Waals surface area contributed by atoms with Crippen LogP contribution in [0, 0.1) is 0 Å². The summed E-state index contributed by atoms with van der Waals surface area (Å²) in [5.74, 6) is -0.553. The summed E-state index contributed by atoms with van der Waals surface area (Å²) < 4.78 is 5.83. The number of piperidine rings is 1. The first-order chi connectivity index (χ1) is 16.2. The molecule has 2 atom stereocenters. The average Bonchev–Trinajstić information content (AvgIpc) is 3.10. The minimum Gasteiger partial charge on any atom is -0.388 e. The van der Waals surface area contributed by atoms with Gasteiger partial charge in [-0.2, -0.15) is 0 Å². The highest BCUT2D eigenvalue weighted by atomic mass is 16.5. The van der Waals surface area contributed by atoms with Gasteiger partial charge in [0.15, 0.2) is 0 Å². The van der Waals surface area contributed by atoms with Crippen LogP contribution in [-0.2, 0) is 26.3 Å². The molecule has 4 N–H and O–H groups in total. The van der Waals surface area contributed by atoms with Crippen LogP contribution in [0.4, 0.5) is 0 Å². The Morgan fingerprint density at radius 1 is 1.15 bits per heavy atom. The van der Waals surface area contributed by atoms with E-state index in [1.165, 1.54) is 5.56 Å². The molecule has 2 aliphatic rings. The lowest BCUT2D eigenvalue weighted by Gasteiger charge is -2.41. The molecule has 1 spiro atoms. The summed E-state index contributed by atoms with van der Waals surface area (Å²) in [6.45, 7) is 4.78. The van der Waals surface area contributed by atoms with Gasteiger partial charge < -0.3 is 25.8 Å². The lowest BCUT2D eigenvalue weighted by Crippen LogP contribution is -2.59. The first-order valence-electron chi connectivity index (χ1n) is 12.0. The smallest absolute Gasteiger partial charge is 0.247 e. The van der Waals surface area contributed by atoms with Crippen LogP contribution < -0.4 is 11.1 Å². The molecule has 0 aromatic heterocycles. The number of carbonyl (C=O) groups is 2. The lowest BCUT2D eigenvalue weighted by molar-refractivity contribution is -0.140. The number of nitrogens with one attached hydrogen (secondary N) is 1. The van der Waals surface area contributed by atoms with Crippen molar-refractivity contribution in [2.24, 2.45) is 5.73 Å². The van der Waals surface area contributed by atoms with Crippen LogP contribution in [-0.4, -0.2) is 53.1 Å². The molecule has 4 rings (SSSR count). The van der Waals surface area contributed by atoms with Gasteiger partial charge in [0.1, 0.15) is 6.04 Å². The summed E-state index contributed by atoms with van der Waals surface area (Å²) in [7, 11) is 0. The van der Waals surface area contributed by atoms with E-state index in [9.17, 15) is 14.7 Å². The second kappa shape index (κ2) is 9.86. The van der Waals surface area contributed by atoms with Gasteiger partial charge in [0.25, 0.3) is 0 Å². The number of ether oxygens (including phenoxy) is 1. The fourth-order valence-electron chi connectivity index (χ4n) is 5.10. The second-order valence-electron chi connectivity index (χ2n) is 10.2. The van der Waals surface area contributed by atoms with Gasteiger partial charge >= 0.3 is 0 Å². The van der Waals surface area contributed by atoms with E-state index >= 15 is 0 Å². The predicted octanol–water partition coefficient (Wildman–Crippen LogP) is 2.42. The van der Waals surface area contributed by atoms with Gasteiger partial charge in [-0.25, -0.2) is 0 Å². The maximum Gasteiger partial charge on any atom is 0.247 e. The SMILES string of the molecule is CC(C)(N)C(=O)N[C@H](COCc1ccccc1)C(=O)N1CCC2(CC1)C[C@H](O)c1ccccc12. The van der Waals surface area contributed by atoms with E-state index in [2.05, 4.69) is 11.4 Å². The Hall–Kier alpha value is -2.74. The fraction of sp³-hybridized carbons (Fsp3) is 0.481. The Morgan fingerprint density at radius 3 is 2.47 bits per heavy atom. The van der Waals surface area contributed by atoms with Crippen LogP contribution in [0.5, 0.6) is 0 Å². The molecule has 0 saturated carbocycles. The topological polar surface area (TPSA) is 105 Å². The standard InChI is InChI=1S/C27H35N3O4/c1-26(2,28)25(33)29-22(18-34-17-19-8-4-3-5-9-19)24(32)30-14-12-27(13-15-30)16-23(31)20-10-6-7-11-21(20)27/h3-11,22-23,31H,12-18,28H2,1-2H3,(H,29,33)/t22-,23+/m1/s1. The molecule has 0 unspecified atom stereocenters. The van der Waals surface area contributed by atoms with Crippen molar-refractivity contribution < 1.29 is 19.4 Å². The van der Waals surface area contributed by atoms with E-state index in [0.29, 0.717) is 26.1 Å². The van der Waals surface area contributed by atoms with Crippen LogP contribution in [0.25, 0.3) is 0 Å². The van der Waals surface area contributed by atoms with Crippen LogP contribution >= 0.6 is 0 Å². The minimum absolute atomic E-state index is 0.0682. The van der Waals surface area contributed by atoms with E-state index < -0.39 is 23.6 Å². The Balaban J connectivity index is 1.42. The molecular weight excluding hydrogens is 430 g/mol. The Kier molecular flexibility index (Phi) is 7.07. The molecule has 1 aliphatic carbocycles. The average molecular weight is 466 g/mol. The zero-order chi connectivity index (χ0) is 24.3. The summed E-state index contributed by atoms with van der Waals surface area (Å²) >= 11 is 0. The van der Waals surface area contributed by atoms with Crippen LogP contribution in [0.2, 0.25) is 0 Å². The first kappa shape index (κ1) is 24.4. The molecule has 7 heteroatoms. The summed E-state index contributed by atoms with van der Waals surface area (Å²) in [4.78, 5) is 27.8. The molecule has 7 nitrogen and oxygen atoms in total. The van der Waals surface area contributed by atoms with Crippen molar-refractivity contribution in [3.63, 3.8) is 0 Å². The molecule has 34 heavy (non-hydrogen) atoms. The largest absolute Gasteiger partial charge is 0.388 e. The van der Waals surface area contributed by atoms with Gasteiger partial charge in [-0.1, -0.05) is 54.6 Å². The second-order valence-corrected chi connectivity index (χ2v) is 10.2. The normalized spacial score (nSPS) is 20.1. The fourth-order valence-corrected chi connectivity index (χ4v) is 5.10. The highest BCUT2D eigenvalue weighted by molar-refractivity contribution is 5.91. The lowest BCUT2D eigenvalue weighted by atomic mass is 9.73. The van der Waals surface area contributed by atoms with E-state index in [0.717, 1.165) is 24.0 Å². The number of amides is 2. The van der Waals surface area contributed by atoms with Gasteiger partial charge in [-0.3, -0.25) is 9.59 Å². The number of rotatable bonds is 7. The quantitative estimate of drug-likeness (QED) is 0.583. The zero-order valence-electron chi connectivity index (χ0n) is 20.0. The summed E-state index contributed by atoms with van der Waals surface area (Å²) in [5, 5.41) is 13.4.